The van der Waals surface area contributed by atoms with Gasteiger partial charge in [0.25, 0.3) is 0 Å². The Morgan fingerprint density at radius 1 is 1.26 bits per heavy atom. The summed E-state index contributed by atoms with van der Waals surface area (Å²) in [5, 5.41) is 8.79. The number of rotatable bonds is 6. The molecule has 19 heavy (non-hydrogen) atoms. The van der Waals surface area contributed by atoms with Crippen molar-refractivity contribution in [3.8, 4) is 0 Å². The minimum atomic E-state index is -0.880. The molecule has 1 N–H and O–H groups in total. The van der Waals surface area contributed by atoms with E-state index in [1.54, 1.807) is 11.8 Å². The highest BCUT2D eigenvalue weighted by Crippen LogP contribution is 2.10. The van der Waals surface area contributed by atoms with Crippen molar-refractivity contribution >= 4 is 11.9 Å². The number of amides is 1. The number of carboxylic acid groups (broad SMARTS) is 1. The van der Waals surface area contributed by atoms with Crippen LogP contribution in [0.2, 0.25) is 0 Å². The zero-order chi connectivity index (χ0) is 14.4. The molecule has 0 spiro atoms. The van der Waals surface area contributed by atoms with Crippen LogP contribution in [0.5, 0.6) is 0 Å². The highest BCUT2D eigenvalue weighted by atomic mass is 16.4. The Labute approximate surface area is 114 Å². The average Bonchev–Trinajstić information content (AvgIpc) is 2.32. The maximum Gasteiger partial charge on any atom is 0.305 e. The van der Waals surface area contributed by atoms with Crippen LogP contribution < -0.4 is 0 Å². The SMILES string of the molecule is CCN(C(=O)Cc1ccc(C)cc1)C(C)CC(=O)O. The first-order chi connectivity index (χ1) is 8.93. The second-order valence-electron chi connectivity index (χ2n) is 4.79. The number of benzene rings is 1. The average molecular weight is 263 g/mol. The van der Waals surface area contributed by atoms with Crippen LogP contribution in [0.25, 0.3) is 0 Å². The van der Waals surface area contributed by atoms with Crippen molar-refractivity contribution in [2.75, 3.05) is 6.54 Å². The highest BCUT2D eigenvalue weighted by molar-refractivity contribution is 5.79. The summed E-state index contributed by atoms with van der Waals surface area (Å²) in [6, 6.07) is 7.53. The number of carboxylic acids is 1. The van der Waals surface area contributed by atoms with E-state index in [2.05, 4.69) is 0 Å². The second-order valence-corrected chi connectivity index (χ2v) is 4.79. The van der Waals surface area contributed by atoms with Gasteiger partial charge in [-0.25, -0.2) is 0 Å². The van der Waals surface area contributed by atoms with Gasteiger partial charge in [-0.15, -0.1) is 0 Å². The quantitative estimate of drug-likeness (QED) is 0.856. The van der Waals surface area contributed by atoms with E-state index in [9.17, 15) is 9.59 Å². The molecule has 0 heterocycles. The van der Waals surface area contributed by atoms with Crippen LogP contribution in [-0.2, 0) is 16.0 Å². The summed E-state index contributed by atoms with van der Waals surface area (Å²) in [6.45, 7) is 6.16. The number of likely N-dealkylation sites (N-methyl/N-ethyl adjacent to an activating group) is 1. The van der Waals surface area contributed by atoms with Crippen LogP contribution in [0.3, 0.4) is 0 Å². The van der Waals surface area contributed by atoms with Crippen LogP contribution >= 0.6 is 0 Å². The Bertz CT molecular complexity index is 439. The summed E-state index contributed by atoms with van der Waals surface area (Å²) in [4.78, 5) is 24.5. The normalized spacial score (nSPS) is 11.9. The second kappa shape index (κ2) is 6.92. The molecule has 1 aromatic carbocycles. The Kier molecular flexibility index (Phi) is 5.55. The van der Waals surface area contributed by atoms with Crippen molar-refractivity contribution in [3.05, 3.63) is 35.4 Å². The molecule has 0 radical (unpaired) electrons. The lowest BCUT2D eigenvalue weighted by molar-refractivity contribution is -0.140. The van der Waals surface area contributed by atoms with E-state index in [0.717, 1.165) is 11.1 Å². The van der Waals surface area contributed by atoms with Crippen LogP contribution in [0.1, 0.15) is 31.4 Å². The number of carbonyl (C=O) groups excluding carboxylic acids is 1. The molecule has 0 saturated heterocycles. The number of aliphatic carboxylic acids is 1. The topological polar surface area (TPSA) is 57.6 Å². The molecule has 0 aliphatic rings. The monoisotopic (exact) mass is 263 g/mol. The van der Waals surface area contributed by atoms with Crippen molar-refractivity contribution < 1.29 is 14.7 Å². The van der Waals surface area contributed by atoms with E-state index in [-0.39, 0.29) is 18.4 Å². The van der Waals surface area contributed by atoms with Crippen LogP contribution in [-0.4, -0.2) is 34.5 Å². The zero-order valence-corrected chi connectivity index (χ0v) is 11.7. The van der Waals surface area contributed by atoms with Gasteiger partial charge < -0.3 is 10.0 Å². The number of carbonyl (C=O) groups is 2. The fraction of sp³-hybridized carbons (Fsp3) is 0.467. The third-order valence-corrected chi connectivity index (χ3v) is 3.14. The van der Waals surface area contributed by atoms with Gasteiger partial charge in [0.15, 0.2) is 0 Å². The fourth-order valence-corrected chi connectivity index (χ4v) is 2.08. The molecule has 1 aromatic rings. The molecule has 4 nitrogen and oxygen atoms in total. The van der Waals surface area contributed by atoms with E-state index in [4.69, 9.17) is 5.11 Å². The van der Waals surface area contributed by atoms with Gasteiger partial charge in [-0.3, -0.25) is 9.59 Å². The molecule has 0 fully saturated rings. The fourth-order valence-electron chi connectivity index (χ4n) is 2.08. The molecular weight excluding hydrogens is 242 g/mol. The van der Waals surface area contributed by atoms with Crippen LogP contribution in [0.4, 0.5) is 0 Å². The summed E-state index contributed by atoms with van der Waals surface area (Å²) in [5.41, 5.74) is 2.11. The van der Waals surface area contributed by atoms with Crippen molar-refractivity contribution in [3.63, 3.8) is 0 Å². The molecule has 1 rings (SSSR count). The van der Waals surface area contributed by atoms with Crippen molar-refractivity contribution in [2.45, 2.75) is 39.7 Å². The molecule has 0 aliphatic heterocycles. The summed E-state index contributed by atoms with van der Waals surface area (Å²) < 4.78 is 0. The predicted molar refractivity (Wildman–Crippen MR) is 74.0 cm³/mol. The molecular formula is C15H21NO3. The molecule has 0 bridgehead atoms. The molecule has 1 unspecified atom stereocenters. The lowest BCUT2D eigenvalue weighted by atomic mass is 10.1. The van der Waals surface area contributed by atoms with Crippen molar-refractivity contribution in [2.24, 2.45) is 0 Å². The Morgan fingerprint density at radius 3 is 2.32 bits per heavy atom. The predicted octanol–water partition coefficient (Wildman–Crippen LogP) is 2.25. The van der Waals surface area contributed by atoms with E-state index in [1.165, 1.54) is 0 Å². The first-order valence-corrected chi connectivity index (χ1v) is 6.50. The van der Waals surface area contributed by atoms with Crippen LogP contribution in [0, 0.1) is 6.92 Å². The van der Waals surface area contributed by atoms with Crippen molar-refractivity contribution in [1.29, 1.82) is 0 Å². The number of hydrogen-bond acceptors (Lipinski definition) is 2. The third kappa shape index (κ3) is 4.73. The Balaban J connectivity index is 2.68. The number of hydrogen-bond donors (Lipinski definition) is 1. The summed E-state index contributed by atoms with van der Waals surface area (Å²) in [5.74, 6) is -0.908. The van der Waals surface area contributed by atoms with Gasteiger partial charge in [0.2, 0.25) is 5.91 Å². The molecule has 0 saturated carbocycles. The third-order valence-electron chi connectivity index (χ3n) is 3.14. The summed E-state index contributed by atoms with van der Waals surface area (Å²) in [6.07, 6.45) is 0.297. The van der Waals surface area contributed by atoms with Gasteiger partial charge in [-0.05, 0) is 26.3 Å². The van der Waals surface area contributed by atoms with E-state index in [0.29, 0.717) is 13.0 Å². The van der Waals surface area contributed by atoms with E-state index < -0.39 is 5.97 Å². The highest BCUT2D eigenvalue weighted by Gasteiger charge is 2.20. The standard InChI is InChI=1S/C15H21NO3/c1-4-16(12(3)9-15(18)19)14(17)10-13-7-5-11(2)6-8-13/h5-8,12H,4,9-10H2,1-3H3,(H,18,19). The van der Waals surface area contributed by atoms with Gasteiger partial charge in [0, 0.05) is 12.6 Å². The van der Waals surface area contributed by atoms with Gasteiger partial charge in [-0.1, -0.05) is 29.8 Å². The Hall–Kier alpha value is -1.84. The van der Waals surface area contributed by atoms with Crippen molar-refractivity contribution in [1.82, 2.24) is 4.90 Å². The maximum atomic E-state index is 12.2. The lowest BCUT2D eigenvalue weighted by Crippen LogP contribution is -2.40. The molecule has 0 aromatic heterocycles. The number of aryl methyl sites for hydroxylation is 1. The Morgan fingerprint density at radius 2 is 1.84 bits per heavy atom. The molecule has 1 amide bonds. The number of nitrogens with zero attached hydrogens (tertiary/aromatic N) is 1. The minimum absolute atomic E-state index is 0.0204. The smallest absolute Gasteiger partial charge is 0.305 e. The molecule has 4 heteroatoms. The largest absolute Gasteiger partial charge is 0.481 e. The summed E-state index contributed by atoms with van der Waals surface area (Å²) in [7, 11) is 0. The molecule has 1 atom stereocenters. The maximum absolute atomic E-state index is 12.2. The first kappa shape index (κ1) is 15.2. The minimum Gasteiger partial charge on any atom is -0.481 e. The van der Waals surface area contributed by atoms with E-state index >= 15 is 0 Å². The van der Waals surface area contributed by atoms with Gasteiger partial charge in [0.1, 0.15) is 0 Å². The van der Waals surface area contributed by atoms with Gasteiger partial charge >= 0.3 is 5.97 Å². The van der Waals surface area contributed by atoms with Gasteiger partial charge in [-0.2, -0.15) is 0 Å². The zero-order valence-electron chi connectivity index (χ0n) is 11.7. The van der Waals surface area contributed by atoms with E-state index in [1.807, 2.05) is 38.1 Å². The molecule has 104 valence electrons. The first-order valence-electron chi connectivity index (χ1n) is 6.50. The summed E-state index contributed by atoms with van der Waals surface area (Å²) >= 11 is 0. The molecule has 0 aliphatic carbocycles. The lowest BCUT2D eigenvalue weighted by Gasteiger charge is -2.27. The van der Waals surface area contributed by atoms with Crippen LogP contribution in [0.15, 0.2) is 24.3 Å². The van der Waals surface area contributed by atoms with Gasteiger partial charge in [0.05, 0.1) is 12.8 Å².